The SMILES string of the molecule is COCCOCOCc1ccccc1Br. The molecule has 0 saturated carbocycles. The van der Waals surface area contributed by atoms with Gasteiger partial charge in [0.1, 0.15) is 6.79 Å². The Labute approximate surface area is 98.5 Å². The van der Waals surface area contributed by atoms with Crippen molar-refractivity contribution in [3.05, 3.63) is 34.3 Å². The van der Waals surface area contributed by atoms with E-state index in [0.717, 1.165) is 10.0 Å². The number of ether oxygens (including phenoxy) is 3. The van der Waals surface area contributed by atoms with Crippen LogP contribution in [0.3, 0.4) is 0 Å². The quantitative estimate of drug-likeness (QED) is 0.565. The molecule has 0 N–H and O–H groups in total. The Bertz CT molecular complexity index is 278. The predicted molar refractivity (Wildman–Crippen MR) is 61.6 cm³/mol. The van der Waals surface area contributed by atoms with Gasteiger partial charge in [-0.25, -0.2) is 0 Å². The monoisotopic (exact) mass is 274 g/mol. The van der Waals surface area contributed by atoms with Crippen LogP contribution >= 0.6 is 15.9 Å². The highest BCUT2D eigenvalue weighted by atomic mass is 79.9. The summed E-state index contributed by atoms with van der Waals surface area (Å²) in [4.78, 5) is 0. The van der Waals surface area contributed by atoms with Gasteiger partial charge in [0.15, 0.2) is 0 Å². The van der Waals surface area contributed by atoms with E-state index in [1.54, 1.807) is 7.11 Å². The number of rotatable bonds is 7. The van der Waals surface area contributed by atoms with E-state index in [9.17, 15) is 0 Å². The number of benzene rings is 1. The van der Waals surface area contributed by atoms with Crippen LogP contribution in [0.5, 0.6) is 0 Å². The highest BCUT2D eigenvalue weighted by Gasteiger charge is 1.97. The summed E-state index contributed by atoms with van der Waals surface area (Å²) < 4.78 is 16.4. The van der Waals surface area contributed by atoms with Gasteiger partial charge in [-0.15, -0.1) is 0 Å². The van der Waals surface area contributed by atoms with Crippen LogP contribution in [0.4, 0.5) is 0 Å². The van der Waals surface area contributed by atoms with Gasteiger partial charge >= 0.3 is 0 Å². The Morgan fingerprint density at radius 1 is 1.13 bits per heavy atom. The molecule has 0 spiro atoms. The lowest BCUT2D eigenvalue weighted by molar-refractivity contribution is -0.0726. The molecule has 0 aliphatic rings. The Morgan fingerprint density at radius 2 is 1.93 bits per heavy atom. The molecule has 1 aromatic rings. The van der Waals surface area contributed by atoms with Crippen molar-refractivity contribution in [2.45, 2.75) is 6.61 Å². The van der Waals surface area contributed by atoms with Gasteiger partial charge in [-0.1, -0.05) is 34.1 Å². The minimum atomic E-state index is 0.296. The van der Waals surface area contributed by atoms with Gasteiger partial charge in [-0.05, 0) is 11.6 Å². The van der Waals surface area contributed by atoms with Crippen molar-refractivity contribution in [3.63, 3.8) is 0 Å². The molecule has 4 heteroatoms. The Morgan fingerprint density at radius 3 is 2.67 bits per heavy atom. The molecule has 0 radical (unpaired) electrons. The summed E-state index contributed by atoms with van der Waals surface area (Å²) >= 11 is 3.45. The smallest absolute Gasteiger partial charge is 0.147 e. The second kappa shape index (κ2) is 7.82. The minimum Gasteiger partial charge on any atom is -0.382 e. The average molecular weight is 275 g/mol. The minimum absolute atomic E-state index is 0.296. The molecule has 3 nitrogen and oxygen atoms in total. The Balaban J connectivity index is 2.12. The van der Waals surface area contributed by atoms with E-state index in [1.807, 2.05) is 24.3 Å². The van der Waals surface area contributed by atoms with Gasteiger partial charge in [0, 0.05) is 11.6 Å². The zero-order valence-electron chi connectivity index (χ0n) is 8.74. The van der Waals surface area contributed by atoms with Crippen molar-refractivity contribution < 1.29 is 14.2 Å². The molecule has 84 valence electrons. The molecule has 15 heavy (non-hydrogen) atoms. The van der Waals surface area contributed by atoms with Crippen molar-refractivity contribution in [2.75, 3.05) is 27.1 Å². The normalized spacial score (nSPS) is 10.5. The van der Waals surface area contributed by atoms with Gasteiger partial charge in [-0.2, -0.15) is 0 Å². The van der Waals surface area contributed by atoms with E-state index in [-0.39, 0.29) is 0 Å². The zero-order valence-corrected chi connectivity index (χ0v) is 10.3. The molecule has 0 aromatic heterocycles. The lowest BCUT2D eigenvalue weighted by Crippen LogP contribution is -2.05. The van der Waals surface area contributed by atoms with Crippen molar-refractivity contribution in [1.82, 2.24) is 0 Å². The maximum Gasteiger partial charge on any atom is 0.147 e. The molecule has 0 aliphatic heterocycles. The first kappa shape index (κ1) is 12.6. The van der Waals surface area contributed by atoms with E-state index in [2.05, 4.69) is 15.9 Å². The summed E-state index contributed by atoms with van der Waals surface area (Å²) in [5, 5.41) is 0. The maximum atomic E-state index is 5.34. The fourth-order valence-corrected chi connectivity index (χ4v) is 1.43. The van der Waals surface area contributed by atoms with Gasteiger partial charge in [-0.3, -0.25) is 0 Å². The van der Waals surface area contributed by atoms with Gasteiger partial charge in [0.2, 0.25) is 0 Å². The Kier molecular flexibility index (Phi) is 6.59. The van der Waals surface area contributed by atoms with Crippen LogP contribution in [0, 0.1) is 0 Å². The van der Waals surface area contributed by atoms with Crippen LogP contribution in [0.25, 0.3) is 0 Å². The van der Waals surface area contributed by atoms with Crippen molar-refractivity contribution in [3.8, 4) is 0 Å². The first-order chi connectivity index (χ1) is 7.34. The first-order valence-corrected chi connectivity index (χ1v) is 5.51. The lowest BCUT2D eigenvalue weighted by atomic mass is 10.2. The standard InChI is InChI=1S/C11H15BrO3/c1-13-6-7-14-9-15-8-10-4-2-3-5-11(10)12/h2-5H,6-9H2,1H3. The topological polar surface area (TPSA) is 27.7 Å². The average Bonchev–Trinajstić information content (AvgIpc) is 2.25. The molecule has 0 unspecified atom stereocenters. The number of hydrogen-bond donors (Lipinski definition) is 0. The van der Waals surface area contributed by atoms with Gasteiger partial charge < -0.3 is 14.2 Å². The second-order valence-corrected chi connectivity index (χ2v) is 3.81. The molecule has 0 atom stereocenters. The number of hydrogen-bond acceptors (Lipinski definition) is 3. The highest BCUT2D eigenvalue weighted by molar-refractivity contribution is 9.10. The fourth-order valence-electron chi connectivity index (χ4n) is 1.03. The fraction of sp³-hybridized carbons (Fsp3) is 0.455. The third-order valence-corrected chi connectivity index (χ3v) is 2.59. The largest absolute Gasteiger partial charge is 0.382 e. The van der Waals surface area contributed by atoms with Crippen molar-refractivity contribution in [2.24, 2.45) is 0 Å². The van der Waals surface area contributed by atoms with Crippen LogP contribution in [-0.4, -0.2) is 27.1 Å². The lowest BCUT2D eigenvalue weighted by Gasteiger charge is -2.06. The summed E-state index contributed by atoms with van der Waals surface area (Å²) in [6, 6.07) is 7.96. The summed E-state index contributed by atoms with van der Waals surface area (Å²) in [6.45, 7) is 2.00. The summed E-state index contributed by atoms with van der Waals surface area (Å²) in [5.74, 6) is 0. The molecule has 1 aromatic carbocycles. The molecule has 1 rings (SSSR count). The highest BCUT2D eigenvalue weighted by Crippen LogP contribution is 2.16. The third-order valence-electron chi connectivity index (χ3n) is 1.81. The van der Waals surface area contributed by atoms with E-state index >= 15 is 0 Å². The van der Waals surface area contributed by atoms with Crippen LogP contribution in [0.1, 0.15) is 5.56 Å². The third kappa shape index (κ3) is 5.28. The maximum absolute atomic E-state index is 5.34. The molecule has 0 bridgehead atoms. The van der Waals surface area contributed by atoms with E-state index in [4.69, 9.17) is 14.2 Å². The van der Waals surface area contributed by atoms with Crippen LogP contribution in [0.15, 0.2) is 28.7 Å². The summed E-state index contributed by atoms with van der Waals surface area (Å²) in [6.07, 6.45) is 0. The second-order valence-electron chi connectivity index (χ2n) is 2.96. The van der Waals surface area contributed by atoms with Gasteiger partial charge in [0.25, 0.3) is 0 Å². The van der Waals surface area contributed by atoms with Crippen molar-refractivity contribution in [1.29, 1.82) is 0 Å². The predicted octanol–water partition coefficient (Wildman–Crippen LogP) is 2.59. The number of methoxy groups -OCH3 is 1. The Hall–Kier alpha value is -0.420. The van der Waals surface area contributed by atoms with E-state index in [1.165, 1.54) is 0 Å². The van der Waals surface area contributed by atoms with Crippen molar-refractivity contribution >= 4 is 15.9 Å². The van der Waals surface area contributed by atoms with Crippen LogP contribution < -0.4 is 0 Å². The van der Waals surface area contributed by atoms with Crippen LogP contribution in [0.2, 0.25) is 0 Å². The summed E-state index contributed by atoms with van der Waals surface area (Å²) in [5.41, 5.74) is 1.12. The molecule has 0 saturated heterocycles. The summed E-state index contributed by atoms with van der Waals surface area (Å²) in [7, 11) is 1.64. The molecule has 0 aliphatic carbocycles. The van der Waals surface area contributed by atoms with E-state index in [0.29, 0.717) is 26.6 Å². The van der Waals surface area contributed by atoms with E-state index < -0.39 is 0 Å². The number of halogens is 1. The van der Waals surface area contributed by atoms with Crippen LogP contribution in [-0.2, 0) is 20.8 Å². The zero-order chi connectivity index (χ0) is 10.9. The molecule has 0 amide bonds. The van der Waals surface area contributed by atoms with Gasteiger partial charge in [0.05, 0.1) is 19.8 Å². The molecule has 0 heterocycles. The molecule has 0 fully saturated rings. The molecular formula is C11H15BrO3. The molecular weight excluding hydrogens is 260 g/mol. The first-order valence-electron chi connectivity index (χ1n) is 4.72.